The molecular formula is C12H13ClF5NO2. The van der Waals surface area contributed by atoms with E-state index in [1.807, 2.05) is 0 Å². The van der Waals surface area contributed by atoms with E-state index in [1.54, 1.807) is 0 Å². The van der Waals surface area contributed by atoms with Crippen LogP contribution in [0.5, 0.6) is 0 Å². The summed E-state index contributed by atoms with van der Waals surface area (Å²) in [4.78, 5) is 11.1. The maximum Gasteiger partial charge on any atom is 0.419 e. The van der Waals surface area contributed by atoms with Gasteiger partial charge in [-0.2, -0.15) is 13.2 Å². The molecule has 0 aliphatic heterocycles. The van der Waals surface area contributed by atoms with Crippen molar-refractivity contribution in [3.63, 3.8) is 0 Å². The SMILES string of the molecule is CCOC(=O)C(F)[C@H](N)c1ccc(F)c(C(F)(F)F)c1.Cl. The van der Waals surface area contributed by atoms with Gasteiger partial charge < -0.3 is 10.5 Å². The van der Waals surface area contributed by atoms with Gasteiger partial charge in [0.25, 0.3) is 0 Å². The number of nitrogens with two attached hydrogens (primary N) is 1. The van der Waals surface area contributed by atoms with E-state index in [9.17, 15) is 26.7 Å². The van der Waals surface area contributed by atoms with Crippen LogP contribution in [0.3, 0.4) is 0 Å². The molecule has 21 heavy (non-hydrogen) atoms. The largest absolute Gasteiger partial charge is 0.464 e. The monoisotopic (exact) mass is 333 g/mol. The number of rotatable bonds is 4. The molecule has 0 saturated heterocycles. The second-order valence-electron chi connectivity index (χ2n) is 3.92. The second-order valence-corrected chi connectivity index (χ2v) is 3.92. The van der Waals surface area contributed by atoms with Crippen LogP contribution in [0.15, 0.2) is 18.2 Å². The molecule has 0 fully saturated rings. The lowest BCUT2D eigenvalue weighted by atomic mass is 10.0. The second kappa shape index (κ2) is 7.56. The normalized spacial score (nSPS) is 14.0. The summed E-state index contributed by atoms with van der Waals surface area (Å²) in [6.07, 6.45) is -7.27. The molecule has 0 bridgehead atoms. The lowest BCUT2D eigenvalue weighted by Crippen LogP contribution is -2.31. The fourth-order valence-electron chi connectivity index (χ4n) is 1.50. The lowest BCUT2D eigenvalue weighted by molar-refractivity contribution is -0.149. The summed E-state index contributed by atoms with van der Waals surface area (Å²) in [5.41, 5.74) is 3.45. The maximum absolute atomic E-state index is 13.6. The van der Waals surface area contributed by atoms with Crippen LogP contribution >= 0.6 is 12.4 Å². The Morgan fingerprint density at radius 3 is 2.43 bits per heavy atom. The lowest BCUT2D eigenvalue weighted by Gasteiger charge is -2.17. The van der Waals surface area contributed by atoms with E-state index in [0.717, 1.165) is 6.07 Å². The first-order valence-corrected chi connectivity index (χ1v) is 5.61. The number of carbonyl (C=O) groups is 1. The van der Waals surface area contributed by atoms with Crippen LogP contribution < -0.4 is 5.73 Å². The fraction of sp³-hybridized carbons (Fsp3) is 0.417. The van der Waals surface area contributed by atoms with Crippen molar-refractivity contribution in [1.82, 2.24) is 0 Å². The predicted molar refractivity (Wildman–Crippen MR) is 67.1 cm³/mol. The molecule has 120 valence electrons. The summed E-state index contributed by atoms with van der Waals surface area (Å²) in [6, 6.07) is 0.124. The van der Waals surface area contributed by atoms with Gasteiger partial charge in [-0.15, -0.1) is 12.4 Å². The van der Waals surface area contributed by atoms with Gasteiger partial charge >= 0.3 is 12.1 Å². The number of alkyl halides is 4. The van der Waals surface area contributed by atoms with Gasteiger partial charge in [-0.05, 0) is 24.6 Å². The summed E-state index contributed by atoms with van der Waals surface area (Å²) < 4.78 is 68.6. The number of carbonyl (C=O) groups excluding carboxylic acids is 1. The fourth-order valence-corrected chi connectivity index (χ4v) is 1.50. The van der Waals surface area contributed by atoms with Crippen LogP contribution in [0, 0.1) is 5.82 Å². The number of hydrogen-bond acceptors (Lipinski definition) is 3. The highest BCUT2D eigenvalue weighted by Gasteiger charge is 2.36. The van der Waals surface area contributed by atoms with Crippen LogP contribution in [0.2, 0.25) is 0 Å². The van der Waals surface area contributed by atoms with Gasteiger partial charge in [-0.25, -0.2) is 13.6 Å². The zero-order chi connectivity index (χ0) is 15.5. The topological polar surface area (TPSA) is 52.3 Å². The Balaban J connectivity index is 0.00000400. The van der Waals surface area contributed by atoms with E-state index in [4.69, 9.17) is 5.73 Å². The quantitative estimate of drug-likeness (QED) is 0.680. The summed E-state index contributed by atoms with van der Waals surface area (Å²) in [6.45, 7) is 1.35. The summed E-state index contributed by atoms with van der Waals surface area (Å²) >= 11 is 0. The van der Waals surface area contributed by atoms with Crippen molar-refractivity contribution in [1.29, 1.82) is 0 Å². The number of ether oxygens (including phenoxy) is 1. The third-order valence-corrected chi connectivity index (χ3v) is 2.51. The van der Waals surface area contributed by atoms with E-state index >= 15 is 0 Å². The van der Waals surface area contributed by atoms with E-state index in [0.29, 0.717) is 12.1 Å². The van der Waals surface area contributed by atoms with Gasteiger partial charge in [0, 0.05) is 0 Å². The van der Waals surface area contributed by atoms with E-state index in [1.165, 1.54) is 6.92 Å². The summed E-state index contributed by atoms with van der Waals surface area (Å²) in [7, 11) is 0. The van der Waals surface area contributed by atoms with E-state index in [-0.39, 0.29) is 24.6 Å². The zero-order valence-corrected chi connectivity index (χ0v) is 11.6. The van der Waals surface area contributed by atoms with Crippen LogP contribution in [-0.4, -0.2) is 18.7 Å². The van der Waals surface area contributed by atoms with Crippen molar-refractivity contribution in [3.8, 4) is 0 Å². The molecule has 0 radical (unpaired) electrons. The van der Waals surface area contributed by atoms with E-state index in [2.05, 4.69) is 4.74 Å². The Hall–Kier alpha value is -1.41. The zero-order valence-electron chi connectivity index (χ0n) is 10.8. The number of halogens is 6. The Morgan fingerprint density at radius 1 is 1.38 bits per heavy atom. The molecule has 0 aliphatic rings. The van der Waals surface area contributed by atoms with Crippen molar-refractivity contribution in [3.05, 3.63) is 35.1 Å². The standard InChI is InChI=1S/C12H12F5NO2.ClH/c1-2-20-11(19)9(14)10(18)6-3-4-8(13)7(5-6)12(15,16)17;/h3-5,9-10H,2,18H2,1H3;1H/t9?,10-;/m1./s1. The van der Waals surface area contributed by atoms with Gasteiger partial charge in [0.2, 0.25) is 6.17 Å². The molecule has 2 atom stereocenters. The average molecular weight is 334 g/mol. The van der Waals surface area contributed by atoms with Gasteiger partial charge in [0.05, 0.1) is 18.2 Å². The molecule has 0 spiro atoms. The van der Waals surface area contributed by atoms with Crippen LogP contribution in [-0.2, 0) is 15.7 Å². The van der Waals surface area contributed by atoms with Crippen molar-refractivity contribution in [2.45, 2.75) is 25.3 Å². The molecule has 2 N–H and O–H groups in total. The molecule has 3 nitrogen and oxygen atoms in total. The first-order valence-electron chi connectivity index (χ1n) is 5.61. The first kappa shape index (κ1) is 19.6. The minimum absolute atomic E-state index is 0. The highest BCUT2D eigenvalue weighted by Crippen LogP contribution is 2.33. The number of esters is 1. The van der Waals surface area contributed by atoms with E-state index < -0.39 is 35.7 Å². The molecular weight excluding hydrogens is 321 g/mol. The molecule has 0 heterocycles. The minimum atomic E-state index is -4.93. The first-order chi connectivity index (χ1) is 9.18. The Kier molecular flexibility index (Phi) is 7.05. The van der Waals surface area contributed by atoms with Crippen LogP contribution in [0.4, 0.5) is 22.0 Å². The van der Waals surface area contributed by atoms with Gasteiger partial charge in [-0.1, -0.05) is 6.07 Å². The van der Waals surface area contributed by atoms with Crippen molar-refractivity contribution in [2.75, 3.05) is 6.61 Å². The Labute approximate surface area is 123 Å². The van der Waals surface area contributed by atoms with Crippen molar-refractivity contribution in [2.24, 2.45) is 5.73 Å². The van der Waals surface area contributed by atoms with Gasteiger partial charge in [-0.3, -0.25) is 0 Å². The number of hydrogen-bond donors (Lipinski definition) is 1. The smallest absolute Gasteiger partial charge is 0.419 e. The maximum atomic E-state index is 13.6. The molecule has 0 amide bonds. The minimum Gasteiger partial charge on any atom is -0.464 e. The Bertz CT molecular complexity index is 495. The molecule has 0 aliphatic carbocycles. The highest BCUT2D eigenvalue weighted by atomic mass is 35.5. The highest BCUT2D eigenvalue weighted by molar-refractivity contribution is 5.85. The Morgan fingerprint density at radius 2 is 1.95 bits per heavy atom. The summed E-state index contributed by atoms with van der Waals surface area (Å²) in [5.74, 6) is -2.78. The van der Waals surface area contributed by atoms with Crippen LogP contribution in [0.1, 0.15) is 24.1 Å². The van der Waals surface area contributed by atoms with Gasteiger partial charge in [0.1, 0.15) is 5.82 Å². The predicted octanol–water partition coefficient (Wildman–Crippen LogP) is 3.17. The van der Waals surface area contributed by atoms with Crippen molar-refractivity contribution >= 4 is 18.4 Å². The third-order valence-electron chi connectivity index (χ3n) is 2.51. The molecule has 0 saturated carbocycles. The number of benzene rings is 1. The molecule has 0 aromatic heterocycles. The molecule has 1 unspecified atom stereocenters. The van der Waals surface area contributed by atoms with Crippen molar-refractivity contribution < 1.29 is 31.5 Å². The molecule has 9 heteroatoms. The summed E-state index contributed by atoms with van der Waals surface area (Å²) in [5, 5.41) is 0. The van der Waals surface area contributed by atoms with Gasteiger partial charge in [0.15, 0.2) is 0 Å². The molecule has 1 aromatic rings. The van der Waals surface area contributed by atoms with Crippen LogP contribution in [0.25, 0.3) is 0 Å². The average Bonchev–Trinajstić information content (AvgIpc) is 2.36. The molecule has 1 aromatic carbocycles. The third kappa shape index (κ3) is 4.82. The molecule has 1 rings (SSSR count).